The minimum Gasteiger partial charge on any atom is -0.545 e. The summed E-state index contributed by atoms with van der Waals surface area (Å²) in [7, 11) is 0. The van der Waals surface area contributed by atoms with Gasteiger partial charge in [0.25, 0.3) is 0 Å². The minimum absolute atomic E-state index is 0. The van der Waals surface area contributed by atoms with Crippen LogP contribution in [0.3, 0.4) is 0 Å². The number of phenolic OH excluding ortho intramolecular Hbond substituents is 2. The van der Waals surface area contributed by atoms with Gasteiger partial charge in [0.05, 0.1) is 34.7 Å². The molecule has 0 aliphatic carbocycles. The average Bonchev–Trinajstić information content (AvgIpc) is 3.19. The Kier molecular flexibility index (Phi) is 25.0. The van der Waals surface area contributed by atoms with Crippen molar-refractivity contribution in [3.05, 3.63) is 107 Å². The maximum absolute atomic E-state index is 10.6. The number of hydrogen-bond acceptors (Lipinski definition) is 10. The van der Waals surface area contributed by atoms with E-state index in [1.807, 2.05) is 0 Å². The number of carbonyl (C=O) groups is 2. The van der Waals surface area contributed by atoms with Crippen LogP contribution >= 0.6 is 0 Å². The van der Waals surface area contributed by atoms with E-state index < -0.39 is 34.9 Å². The molecule has 10 nitrogen and oxygen atoms in total. The fourth-order valence-corrected chi connectivity index (χ4v) is 5.93. The number of aryl methyl sites for hydroxylation is 2. The SMILES string of the molecule is CCCCCCCCC(=Nc1ccccc1)C(CCCCCC)=Nc1ccccc1.CCc1ccc(O)c(O)c1C(=O)[O-].CCc1ccc(O)c(O)c1C(=O)[O-].[Pd+2]. The van der Waals surface area contributed by atoms with Gasteiger partial charge in [-0.15, -0.1) is 0 Å². The maximum Gasteiger partial charge on any atom is 2.00 e. The van der Waals surface area contributed by atoms with Gasteiger partial charge in [0.2, 0.25) is 0 Å². The molecule has 57 heavy (non-hydrogen) atoms. The predicted molar refractivity (Wildman–Crippen MR) is 221 cm³/mol. The molecule has 0 unspecified atom stereocenters. The number of carboxylic acids is 2. The first-order chi connectivity index (χ1) is 27.0. The van der Waals surface area contributed by atoms with Crippen LogP contribution in [0.4, 0.5) is 11.4 Å². The Bertz CT molecular complexity index is 1780. The summed E-state index contributed by atoms with van der Waals surface area (Å²) in [4.78, 5) is 31.3. The normalized spacial score (nSPS) is 11.0. The standard InChI is InChI=1S/C28H40N2.2C9H10O4.Pd/c1-3-5-7-9-10-18-24-28(30-26-21-15-12-16-22-26)27(23-17-8-6-4-2)29-25-19-13-11-14-20-25;2*1-2-5-3-4-6(10)8(11)7(5)9(12)13;/h11-16,19-22H,3-10,17-18,23-24H2,1-2H3;2*3-4,10-11H,2H2,1H3,(H,12,13);/q;;;+2/p-2. The number of nitrogens with zero attached hydrogens (tertiary/aromatic N) is 2. The number of hydrogen-bond donors (Lipinski definition) is 4. The Morgan fingerprint density at radius 1 is 0.491 bits per heavy atom. The Morgan fingerprint density at radius 2 is 0.825 bits per heavy atom. The molecule has 0 saturated carbocycles. The number of unbranched alkanes of at least 4 members (excludes halogenated alkanes) is 8. The fourth-order valence-electron chi connectivity index (χ4n) is 5.93. The van der Waals surface area contributed by atoms with Crippen molar-refractivity contribution in [3.8, 4) is 23.0 Å². The molecule has 11 heteroatoms. The molecule has 0 saturated heterocycles. The van der Waals surface area contributed by atoms with E-state index in [1.165, 1.54) is 99.9 Å². The molecule has 0 aliphatic heterocycles. The van der Waals surface area contributed by atoms with Crippen molar-refractivity contribution in [2.24, 2.45) is 9.98 Å². The van der Waals surface area contributed by atoms with Crippen LogP contribution in [0.25, 0.3) is 0 Å². The third-order valence-corrected chi connectivity index (χ3v) is 9.06. The van der Waals surface area contributed by atoms with E-state index in [9.17, 15) is 30.0 Å². The van der Waals surface area contributed by atoms with Crippen molar-refractivity contribution in [2.75, 3.05) is 0 Å². The Balaban J connectivity index is 0.000000496. The zero-order valence-corrected chi connectivity index (χ0v) is 35.2. The molecule has 4 aromatic carbocycles. The van der Waals surface area contributed by atoms with Gasteiger partial charge in [-0.3, -0.25) is 9.98 Å². The second kappa shape index (κ2) is 28.4. The molecule has 0 spiro atoms. The summed E-state index contributed by atoms with van der Waals surface area (Å²) in [5.41, 5.74) is 4.64. The van der Waals surface area contributed by atoms with Crippen molar-refractivity contribution < 1.29 is 60.7 Å². The van der Waals surface area contributed by atoms with Crippen LogP contribution in [0, 0.1) is 0 Å². The van der Waals surface area contributed by atoms with Gasteiger partial charge in [-0.25, -0.2) is 0 Å². The quantitative estimate of drug-likeness (QED) is 0.0311. The van der Waals surface area contributed by atoms with Crippen LogP contribution in [0.1, 0.15) is 137 Å². The van der Waals surface area contributed by atoms with Gasteiger partial charge in [-0.1, -0.05) is 128 Å². The summed E-state index contributed by atoms with van der Waals surface area (Å²) < 4.78 is 0. The smallest absolute Gasteiger partial charge is 0.545 e. The molecule has 0 bridgehead atoms. The Hall–Kier alpha value is -4.98. The van der Waals surface area contributed by atoms with Gasteiger partial charge in [0, 0.05) is 11.1 Å². The molecule has 0 aliphatic rings. The van der Waals surface area contributed by atoms with Crippen molar-refractivity contribution in [2.45, 2.75) is 118 Å². The number of aromatic carboxylic acids is 2. The van der Waals surface area contributed by atoms with Gasteiger partial charge < -0.3 is 40.2 Å². The fraction of sp³-hybridized carbons (Fsp3) is 0.391. The van der Waals surface area contributed by atoms with Crippen LogP contribution < -0.4 is 10.2 Å². The van der Waals surface area contributed by atoms with Crippen LogP contribution in [0.5, 0.6) is 23.0 Å². The summed E-state index contributed by atoms with van der Waals surface area (Å²) in [6.07, 6.45) is 15.7. The molecule has 310 valence electrons. The number of carboxylic acid groups (broad SMARTS) is 2. The second-order valence-electron chi connectivity index (χ2n) is 13.3. The first-order valence-electron chi connectivity index (χ1n) is 19.7. The molecule has 4 N–H and O–H groups in total. The molecule has 0 amide bonds. The van der Waals surface area contributed by atoms with E-state index in [2.05, 4.69) is 74.5 Å². The number of phenols is 4. The number of aromatic hydroxyl groups is 4. The topological polar surface area (TPSA) is 186 Å². The number of benzene rings is 4. The largest absolute Gasteiger partial charge is 2.00 e. The summed E-state index contributed by atoms with van der Waals surface area (Å²) >= 11 is 0. The summed E-state index contributed by atoms with van der Waals surface area (Å²) in [5.74, 6) is -5.11. The summed E-state index contributed by atoms with van der Waals surface area (Å²) in [6.45, 7) is 8.03. The van der Waals surface area contributed by atoms with Gasteiger partial charge in [-0.2, -0.15) is 0 Å². The third kappa shape index (κ3) is 17.8. The van der Waals surface area contributed by atoms with Crippen LogP contribution in [-0.2, 0) is 33.3 Å². The number of carbonyl (C=O) groups excluding carboxylic acids is 2. The first-order valence-corrected chi connectivity index (χ1v) is 19.7. The second-order valence-corrected chi connectivity index (χ2v) is 13.3. The summed E-state index contributed by atoms with van der Waals surface area (Å²) in [5, 5.41) is 57.6. The number of rotatable bonds is 19. The predicted octanol–water partition coefficient (Wildman–Crippen LogP) is 9.30. The van der Waals surface area contributed by atoms with E-state index in [-0.39, 0.29) is 31.5 Å². The molecule has 0 radical (unpaired) electrons. The zero-order chi connectivity index (χ0) is 41.3. The molecular formula is C46H58N2O8Pd. The van der Waals surface area contributed by atoms with E-state index in [1.54, 1.807) is 13.8 Å². The van der Waals surface area contributed by atoms with Gasteiger partial charge in [-0.05, 0) is 86.1 Å². The van der Waals surface area contributed by atoms with E-state index in [0.717, 1.165) is 24.2 Å². The zero-order valence-electron chi connectivity index (χ0n) is 33.6. The van der Waals surface area contributed by atoms with Crippen LogP contribution in [0.2, 0.25) is 0 Å². The molecule has 4 rings (SSSR count). The van der Waals surface area contributed by atoms with Gasteiger partial charge in [0.15, 0.2) is 23.0 Å². The summed E-state index contributed by atoms with van der Waals surface area (Å²) in [6, 6.07) is 26.1. The van der Waals surface area contributed by atoms with Gasteiger partial charge in [0.1, 0.15) is 0 Å². The monoisotopic (exact) mass is 872 g/mol. The molecular weight excluding hydrogens is 815 g/mol. The first kappa shape index (κ1) is 50.0. The maximum atomic E-state index is 10.6. The Labute approximate surface area is 351 Å². The van der Waals surface area contributed by atoms with E-state index in [4.69, 9.17) is 20.2 Å². The van der Waals surface area contributed by atoms with Crippen molar-refractivity contribution >= 4 is 34.7 Å². The van der Waals surface area contributed by atoms with Crippen LogP contribution in [-0.4, -0.2) is 43.8 Å². The molecule has 4 aromatic rings. The molecule has 0 heterocycles. The van der Waals surface area contributed by atoms with Gasteiger partial charge >= 0.3 is 20.4 Å². The Morgan fingerprint density at radius 3 is 1.16 bits per heavy atom. The van der Waals surface area contributed by atoms with E-state index in [0.29, 0.717) is 24.0 Å². The van der Waals surface area contributed by atoms with Crippen molar-refractivity contribution in [1.29, 1.82) is 0 Å². The average molecular weight is 873 g/mol. The number of para-hydroxylation sites is 2. The number of aliphatic imine (C=N–C) groups is 2. The van der Waals surface area contributed by atoms with E-state index >= 15 is 0 Å². The minimum atomic E-state index is -1.48. The van der Waals surface area contributed by atoms with Crippen LogP contribution in [0.15, 0.2) is 94.9 Å². The van der Waals surface area contributed by atoms with Crippen molar-refractivity contribution in [3.63, 3.8) is 0 Å². The van der Waals surface area contributed by atoms with Crippen molar-refractivity contribution in [1.82, 2.24) is 0 Å². The molecule has 0 fully saturated rings. The molecule has 0 aromatic heterocycles. The molecule has 0 atom stereocenters. The third-order valence-electron chi connectivity index (χ3n) is 9.06.